The molecule has 1 amide bonds. The molecule has 0 aliphatic rings. The molecule has 0 N–H and O–H groups in total. The first-order valence-electron chi connectivity index (χ1n) is 6.86. The normalized spacial score (nSPS) is 10.5. The van der Waals surface area contributed by atoms with Gasteiger partial charge in [-0.2, -0.15) is 5.26 Å². The first-order valence-corrected chi connectivity index (χ1v) is 7.67. The van der Waals surface area contributed by atoms with Crippen LogP contribution in [0.1, 0.15) is 40.8 Å². The van der Waals surface area contributed by atoms with Crippen molar-refractivity contribution >= 4 is 17.2 Å². The van der Waals surface area contributed by atoms with Gasteiger partial charge in [-0.1, -0.05) is 13.8 Å². The fraction of sp³-hybridized carbons (Fsp3) is 0.400. The molecular weight excluding hydrogens is 298 g/mol. The van der Waals surface area contributed by atoms with Crippen LogP contribution in [-0.2, 0) is 0 Å². The van der Waals surface area contributed by atoms with Crippen molar-refractivity contribution in [3.8, 4) is 16.8 Å². The molecule has 22 heavy (non-hydrogen) atoms. The fourth-order valence-corrected chi connectivity index (χ4v) is 2.82. The van der Waals surface area contributed by atoms with Crippen LogP contribution in [0.3, 0.4) is 0 Å². The van der Waals surface area contributed by atoms with Gasteiger partial charge >= 0.3 is 0 Å². The van der Waals surface area contributed by atoms with E-state index in [1.165, 1.54) is 22.4 Å². The first kappa shape index (κ1) is 16.0. The molecule has 0 saturated carbocycles. The van der Waals surface area contributed by atoms with Crippen LogP contribution >= 0.6 is 11.3 Å². The molecule has 0 unspecified atom stereocenters. The van der Waals surface area contributed by atoms with Gasteiger partial charge in [0.25, 0.3) is 5.91 Å². The second-order valence-electron chi connectivity index (χ2n) is 5.25. The quantitative estimate of drug-likeness (QED) is 0.810. The molecule has 0 radical (unpaired) electrons. The van der Waals surface area contributed by atoms with E-state index < -0.39 is 0 Å². The van der Waals surface area contributed by atoms with Crippen LogP contribution in [0.25, 0.3) is 10.7 Å². The maximum absolute atomic E-state index is 12.2. The van der Waals surface area contributed by atoms with Crippen LogP contribution < -0.4 is 0 Å². The van der Waals surface area contributed by atoms with E-state index in [0.717, 1.165) is 17.1 Å². The summed E-state index contributed by atoms with van der Waals surface area (Å²) in [6.07, 6.45) is 3.27. The molecule has 2 aromatic heterocycles. The van der Waals surface area contributed by atoms with E-state index in [9.17, 15) is 4.79 Å². The van der Waals surface area contributed by atoms with Gasteiger partial charge in [-0.15, -0.1) is 11.3 Å². The van der Waals surface area contributed by atoms with E-state index in [1.807, 2.05) is 26.8 Å². The molecule has 0 aromatic carbocycles. The van der Waals surface area contributed by atoms with Gasteiger partial charge in [0.2, 0.25) is 0 Å². The Kier molecular flexibility index (Phi) is 4.83. The van der Waals surface area contributed by atoms with Crippen LogP contribution in [0.15, 0.2) is 12.4 Å². The number of carbonyl (C=O) groups is 1. The maximum Gasteiger partial charge on any atom is 0.266 e. The first-order chi connectivity index (χ1) is 10.4. The fourth-order valence-electron chi connectivity index (χ4n) is 1.91. The van der Waals surface area contributed by atoms with Crippen molar-refractivity contribution in [1.29, 1.82) is 5.26 Å². The molecule has 114 valence electrons. The highest BCUT2D eigenvalue weighted by Gasteiger charge is 2.19. The van der Waals surface area contributed by atoms with Gasteiger partial charge in [-0.25, -0.2) is 9.97 Å². The molecule has 0 aliphatic carbocycles. The summed E-state index contributed by atoms with van der Waals surface area (Å²) in [5.74, 6) is 0.00410. The highest BCUT2D eigenvalue weighted by Crippen LogP contribution is 2.29. The Bertz CT molecular complexity index is 732. The highest BCUT2D eigenvalue weighted by atomic mass is 32.1. The Morgan fingerprint density at radius 2 is 2.14 bits per heavy atom. The lowest BCUT2D eigenvalue weighted by Crippen LogP contribution is -2.26. The second-order valence-corrected chi connectivity index (χ2v) is 6.28. The van der Waals surface area contributed by atoms with Crippen LogP contribution in [0.4, 0.5) is 0 Å². The number of nitriles is 1. The average Bonchev–Trinajstić information content (AvgIpc) is 2.95. The van der Waals surface area contributed by atoms with E-state index in [2.05, 4.69) is 15.0 Å². The lowest BCUT2D eigenvalue weighted by Gasteiger charge is -2.10. The lowest BCUT2D eigenvalue weighted by atomic mass is 10.1. The molecule has 0 aliphatic heterocycles. The Labute approximate surface area is 133 Å². The summed E-state index contributed by atoms with van der Waals surface area (Å²) >= 11 is 1.27. The van der Waals surface area contributed by atoms with Crippen LogP contribution in [0, 0.1) is 18.3 Å². The van der Waals surface area contributed by atoms with Gasteiger partial charge in [-0.05, 0) is 12.8 Å². The number of hydrogen-bond acceptors (Lipinski definition) is 6. The van der Waals surface area contributed by atoms with E-state index >= 15 is 0 Å². The summed E-state index contributed by atoms with van der Waals surface area (Å²) in [6, 6.07) is 1.96. The van der Waals surface area contributed by atoms with Crippen molar-refractivity contribution in [2.75, 3.05) is 13.6 Å². The zero-order valence-corrected chi connectivity index (χ0v) is 13.8. The number of amides is 1. The number of thiazole rings is 1. The summed E-state index contributed by atoms with van der Waals surface area (Å²) in [7, 11) is 1.59. The molecule has 7 heteroatoms. The topological polar surface area (TPSA) is 82.8 Å². The largest absolute Gasteiger partial charge is 0.328 e. The summed E-state index contributed by atoms with van der Waals surface area (Å²) < 4.78 is 0. The smallest absolute Gasteiger partial charge is 0.266 e. The number of hydrogen-bond donors (Lipinski definition) is 0. The molecule has 2 rings (SSSR count). The molecule has 2 aromatic rings. The van der Waals surface area contributed by atoms with E-state index in [-0.39, 0.29) is 18.4 Å². The average molecular weight is 315 g/mol. The van der Waals surface area contributed by atoms with E-state index in [0.29, 0.717) is 9.88 Å². The number of carbonyl (C=O) groups excluding carboxylic acids is 1. The molecule has 0 saturated heterocycles. The predicted octanol–water partition coefficient (Wildman–Crippen LogP) is 2.63. The summed E-state index contributed by atoms with van der Waals surface area (Å²) in [5, 5.41) is 9.34. The van der Waals surface area contributed by atoms with Gasteiger partial charge < -0.3 is 4.90 Å². The van der Waals surface area contributed by atoms with Crippen LogP contribution in [0.2, 0.25) is 0 Å². The van der Waals surface area contributed by atoms with Gasteiger partial charge in [0.05, 0.1) is 23.7 Å². The zero-order valence-electron chi connectivity index (χ0n) is 13.0. The van der Waals surface area contributed by atoms with Crippen molar-refractivity contribution in [2.24, 2.45) is 0 Å². The maximum atomic E-state index is 12.2. The van der Waals surface area contributed by atoms with Gasteiger partial charge in [0.15, 0.2) is 0 Å². The SMILES string of the molecule is Cc1cnc(C(C)C)c(-c2ncc(C(=O)N(C)CC#N)s2)n1. The van der Waals surface area contributed by atoms with Gasteiger partial charge in [0, 0.05) is 13.2 Å². The monoisotopic (exact) mass is 315 g/mol. The number of aryl methyl sites for hydroxylation is 1. The van der Waals surface area contributed by atoms with Crippen molar-refractivity contribution in [3.63, 3.8) is 0 Å². The zero-order chi connectivity index (χ0) is 16.3. The Hall–Kier alpha value is -2.33. The third kappa shape index (κ3) is 3.28. The Balaban J connectivity index is 2.39. The molecular formula is C15H17N5OS. The Morgan fingerprint density at radius 1 is 1.41 bits per heavy atom. The summed E-state index contributed by atoms with van der Waals surface area (Å²) in [4.78, 5) is 27.3. The minimum Gasteiger partial charge on any atom is -0.328 e. The molecule has 6 nitrogen and oxygen atoms in total. The van der Waals surface area contributed by atoms with E-state index in [4.69, 9.17) is 5.26 Å². The molecule has 0 bridgehead atoms. The number of aromatic nitrogens is 3. The standard InChI is InChI=1S/C15H17N5OS/c1-9(2)12-13(19-10(3)7-17-12)14-18-8-11(22-14)15(21)20(4)6-5-16/h7-9H,6H2,1-4H3. The van der Waals surface area contributed by atoms with Gasteiger partial charge in [-0.3, -0.25) is 9.78 Å². The van der Waals surface area contributed by atoms with Crippen molar-refractivity contribution in [1.82, 2.24) is 19.9 Å². The molecule has 2 heterocycles. The predicted molar refractivity (Wildman–Crippen MR) is 84.5 cm³/mol. The minimum atomic E-state index is -0.211. The van der Waals surface area contributed by atoms with Gasteiger partial charge in [0.1, 0.15) is 22.1 Å². The highest BCUT2D eigenvalue weighted by molar-refractivity contribution is 7.16. The minimum absolute atomic E-state index is 0.0492. The number of nitrogens with zero attached hydrogens (tertiary/aromatic N) is 5. The molecule has 0 atom stereocenters. The molecule has 0 fully saturated rings. The second kappa shape index (κ2) is 6.62. The van der Waals surface area contributed by atoms with Crippen molar-refractivity contribution < 1.29 is 4.79 Å². The lowest BCUT2D eigenvalue weighted by molar-refractivity contribution is 0.0816. The third-order valence-corrected chi connectivity index (χ3v) is 4.03. The van der Waals surface area contributed by atoms with Crippen molar-refractivity contribution in [3.05, 3.63) is 28.7 Å². The van der Waals surface area contributed by atoms with Crippen LogP contribution in [-0.4, -0.2) is 39.4 Å². The number of rotatable bonds is 4. The Morgan fingerprint density at radius 3 is 2.77 bits per heavy atom. The molecule has 0 spiro atoms. The van der Waals surface area contributed by atoms with E-state index in [1.54, 1.807) is 13.2 Å². The summed E-state index contributed by atoms with van der Waals surface area (Å²) in [5.41, 5.74) is 2.40. The third-order valence-electron chi connectivity index (χ3n) is 3.04. The van der Waals surface area contributed by atoms with Crippen LogP contribution in [0.5, 0.6) is 0 Å². The summed E-state index contributed by atoms with van der Waals surface area (Å²) in [6.45, 7) is 6.01. The van der Waals surface area contributed by atoms with Crippen molar-refractivity contribution in [2.45, 2.75) is 26.7 Å².